The molecule has 4 rings (SSSR count). The van der Waals surface area contributed by atoms with E-state index in [0.29, 0.717) is 0 Å². The Balaban J connectivity index is 1.35. The molecule has 0 aliphatic carbocycles. The Labute approximate surface area is 161 Å². The van der Waals surface area contributed by atoms with Crippen LogP contribution in [0.1, 0.15) is 11.1 Å². The van der Waals surface area contributed by atoms with Gasteiger partial charge in [0, 0.05) is 31.9 Å². The van der Waals surface area contributed by atoms with Gasteiger partial charge in [-0.05, 0) is 34.4 Å². The number of ether oxygens (including phenoxy) is 1. The minimum atomic E-state index is 0.829. The van der Waals surface area contributed by atoms with Gasteiger partial charge < -0.3 is 10.1 Å². The summed E-state index contributed by atoms with van der Waals surface area (Å²) >= 11 is 0. The van der Waals surface area contributed by atoms with Crippen molar-refractivity contribution in [3.05, 3.63) is 90.0 Å². The van der Waals surface area contributed by atoms with Gasteiger partial charge in [0.1, 0.15) is 0 Å². The molecule has 0 radical (unpaired) electrons. The van der Waals surface area contributed by atoms with Gasteiger partial charge in [-0.2, -0.15) is 0 Å². The van der Waals surface area contributed by atoms with Crippen molar-refractivity contribution >= 4 is 5.69 Å². The summed E-state index contributed by atoms with van der Waals surface area (Å²) in [6.07, 6.45) is 0. The van der Waals surface area contributed by atoms with Crippen molar-refractivity contribution < 1.29 is 4.74 Å². The van der Waals surface area contributed by atoms with Gasteiger partial charge in [0.15, 0.2) is 0 Å². The quantitative estimate of drug-likeness (QED) is 0.685. The van der Waals surface area contributed by atoms with E-state index in [1.54, 1.807) is 0 Å². The molecule has 1 fully saturated rings. The summed E-state index contributed by atoms with van der Waals surface area (Å²) in [5.41, 5.74) is 6.32. The van der Waals surface area contributed by atoms with Crippen LogP contribution >= 0.6 is 0 Å². The van der Waals surface area contributed by atoms with Gasteiger partial charge in [-0.15, -0.1) is 0 Å². The zero-order valence-electron chi connectivity index (χ0n) is 15.6. The van der Waals surface area contributed by atoms with Crippen molar-refractivity contribution in [3.8, 4) is 11.1 Å². The predicted octanol–water partition coefficient (Wildman–Crippen LogP) is 4.80. The Bertz CT molecular complexity index is 840. The van der Waals surface area contributed by atoms with Crippen molar-refractivity contribution in [2.24, 2.45) is 0 Å². The molecular formula is C24H26N2O. The number of nitrogens with zero attached hydrogens (tertiary/aromatic N) is 1. The van der Waals surface area contributed by atoms with Crippen molar-refractivity contribution in [1.82, 2.24) is 4.90 Å². The highest BCUT2D eigenvalue weighted by molar-refractivity contribution is 5.63. The van der Waals surface area contributed by atoms with E-state index in [1.807, 2.05) is 0 Å². The number of anilines is 1. The van der Waals surface area contributed by atoms with Crippen LogP contribution in [-0.2, 0) is 17.8 Å². The third kappa shape index (κ3) is 4.97. The Morgan fingerprint density at radius 1 is 0.741 bits per heavy atom. The molecule has 0 unspecified atom stereocenters. The molecule has 1 heterocycles. The summed E-state index contributed by atoms with van der Waals surface area (Å²) in [5.74, 6) is 0. The molecule has 0 spiro atoms. The fraction of sp³-hybridized carbons (Fsp3) is 0.250. The van der Waals surface area contributed by atoms with E-state index in [0.717, 1.165) is 39.4 Å². The Morgan fingerprint density at radius 3 is 2.26 bits per heavy atom. The average Bonchev–Trinajstić information content (AvgIpc) is 2.74. The lowest BCUT2D eigenvalue weighted by molar-refractivity contribution is 0.0342. The molecule has 0 amide bonds. The first-order valence-electron chi connectivity index (χ1n) is 9.64. The van der Waals surface area contributed by atoms with Crippen LogP contribution < -0.4 is 5.32 Å². The molecule has 0 aromatic heterocycles. The summed E-state index contributed by atoms with van der Waals surface area (Å²) in [6, 6.07) is 28.0. The third-order valence-electron chi connectivity index (χ3n) is 4.99. The summed E-state index contributed by atoms with van der Waals surface area (Å²) in [6.45, 7) is 5.55. The molecule has 27 heavy (non-hydrogen) atoms. The van der Waals surface area contributed by atoms with Gasteiger partial charge in [0.2, 0.25) is 0 Å². The molecule has 3 nitrogen and oxygen atoms in total. The second kappa shape index (κ2) is 8.85. The van der Waals surface area contributed by atoms with E-state index < -0.39 is 0 Å². The molecule has 1 aliphatic rings. The molecule has 0 atom stereocenters. The first-order chi connectivity index (χ1) is 13.4. The number of nitrogens with one attached hydrogen (secondary N) is 1. The largest absolute Gasteiger partial charge is 0.381 e. The summed E-state index contributed by atoms with van der Waals surface area (Å²) in [4.78, 5) is 2.45. The Kier molecular flexibility index (Phi) is 5.83. The molecule has 138 valence electrons. The molecule has 1 aliphatic heterocycles. The molecule has 0 saturated carbocycles. The van der Waals surface area contributed by atoms with Crippen molar-refractivity contribution in [3.63, 3.8) is 0 Å². The van der Waals surface area contributed by atoms with Gasteiger partial charge >= 0.3 is 0 Å². The second-order valence-electron chi connectivity index (χ2n) is 7.01. The standard InChI is InChI=1S/C24H26N2O/c1-2-6-22(7-3-1)23-11-9-20(10-12-23)18-25-24-8-4-5-21(17-24)19-26-13-15-27-16-14-26/h1-12,17,25H,13-16,18-19H2. The maximum atomic E-state index is 5.43. The highest BCUT2D eigenvalue weighted by Crippen LogP contribution is 2.20. The lowest BCUT2D eigenvalue weighted by Crippen LogP contribution is -2.35. The first-order valence-corrected chi connectivity index (χ1v) is 9.64. The molecular weight excluding hydrogens is 332 g/mol. The third-order valence-corrected chi connectivity index (χ3v) is 4.99. The van der Waals surface area contributed by atoms with Crippen LogP contribution in [0.15, 0.2) is 78.9 Å². The first kappa shape index (κ1) is 17.8. The normalized spacial score (nSPS) is 14.8. The van der Waals surface area contributed by atoms with E-state index in [9.17, 15) is 0 Å². The molecule has 0 bridgehead atoms. The van der Waals surface area contributed by atoms with Gasteiger partial charge in [0.05, 0.1) is 13.2 Å². The van der Waals surface area contributed by atoms with Crippen molar-refractivity contribution in [2.45, 2.75) is 13.1 Å². The highest BCUT2D eigenvalue weighted by atomic mass is 16.5. The molecule has 1 saturated heterocycles. The zero-order chi connectivity index (χ0) is 18.3. The highest BCUT2D eigenvalue weighted by Gasteiger charge is 2.10. The van der Waals surface area contributed by atoms with Gasteiger partial charge in [-0.25, -0.2) is 0 Å². The van der Waals surface area contributed by atoms with Crippen LogP contribution in [0.2, 0.25) is 0 Å². The minimum absolute atomic E-state index is 0.829. The van der Waals surface area contributed by atoms with Crippen LogP contribution in [0.5, 0.6) is 0 Å². The zero-order valence-corrected chi connectivity index (χ0v) is 15.6. The number of hydrogen-bond acceptors (Lipinski definition) is 3. The van der Waals surface area contributed by atoms with E-state index in [2.05, 4.69) is 89.1 Å². The lowest BCUT2D eigenvalue weighted by Gasteiger charge is -2.26. The Hall–Kier alpha value is -2.62. The second-order valence-corrected chi connectivity index (χ2v) is 7.01. The number of hydrogen-bond donors (Lipinski definition) is 1. The number of morpholine rings is 1. The minimum Gasteiger partial charge on any atom is -0.381 e. The molecule has 3 heteroatoms. The summed E-state index contributed by atoms with van der Waals surface area (Å²) in [7, 11) is 0. The predicted molar refractivity (Wildman–Crippen MR) is 112 cm³/mol. The van der Waals surface area contributed by atoms with Crippen LogP contribution in [0.25, 0.3) is 11.1 Å². The molecule has 3 aromatic rings. The van der Waals surface area contributed by atoms with Gasteiger partial charge in [0.25, 0.3) is 0 Å². The van der Waals surface area contributed by atoms with E-state index in [4.69, 9.17) is 4.74 Å². The van der Waals surface area contributed by atoms with E-state index >= 15 is 0 Å². The fourth-order valence-electron chi connectivity index (χ4n) is 3.45. The van der Waals surface area contributed by atoms with Gasteiger partial charge in [-0.1, -0.05) is 66.7 Å². The number of rotatable bonds is 6. The molecule has 1 N–H and O–H groups in total. The fourth-order valence-corrected chi connectivity index (χ4v) is 3.45. The maximum absolute atomic E-state index is 5.43. The van der Waals surface area contributed by atoms with E-state index in [-0.39, 0.29) is 0 Å². The van der Waals surface area contributed by atoms with Gasteiger partial charge in [-0.3, -0.25) is 4.90 Å². The SMILES string of the molecule is c1ccc(-c2ccc(CNc3cccc(CN4CCOCC4)c3)cc2)cc1. The van der Waals surface area contributed by atoms with Crippen LogP contribution in [0, 0.1) is 0 Å². The van der Waals surface area contributed by atoms with Crippen molar-refractivity contribution in [1.29, 1.82) is 0 Å². The van der Waals surface area contributed by atoms with Crippen molar-refractivity contribution in [2.75, 3.05) is 31.6 Å². The van der Waals surface area contributed by atoms with Crippen LogP contribution in [0.4, 0.5) is 5.69 Å². The summed E-state index contributed by atoms with van der Waals surface area (Å²) in [5, 5.41) is 3.55. The summed E-state index contributed by atoms with van der Waals surface area (Å²) < 4.78 is 5.43. The van der Waals surface area contributed by atoms with E-state index in [1.165, 1.54) is 27.9 Å². The monoisotopic (exact) mass is 358 g/mol. The average molecular weight is 358 g/mol. The van der Waals surface area contributed by atoms with Crippen LogP contribution in [-0.4, -0.2) is 31.2 Å². The Morgan fingerprint density at radius 2 is 1.48 bits per heavy atom. The topological polar surface area (TPSA) is 24.5 Å². The van der Waals surface area contributed by atoms with Crippen LogP contribution in [0.3, 0.4) is 0 Å². The lowest BCUT2D eigenvalue weighted by atomic mass is 10.0. The number of benzene rings is 3. The smallest absolute Gasteiger partial charge is 0.0594 e. The molecule has 3 aromatic carbocycles. The maximum Gasteiger partial charge on any atom is 0.0594 e.